The Morgan fingerprint density at radius 2 is 1.23 bits per heavy atom. The molecule has 0 N–H and O–H groups in total. The Morgan fingerprint density at radius 3 is 1.71 bits per heavy atom. The summed E-state index contributed by atoms with van der Waals surface area (Å²) >= 11 is 2.37. The third-order valence-electron chi connectivity index (χ3n) is 6.57. The Kier molecular flexibility index (Phi) is 5.49. The van der Waals surface area contributed by atoms with Crippen LogP contribution in [0, 0.1) is 3.70 Å². The Balaban J connectivity index is 1.70. The number of hydrogen-bond donors (Lipinski definition) is 0. The molecule has 5 heteroatoms. The molecule has 0 aliphatic rings. The zero-order valence-corrected chi connectivity index (χ0v) is 21.4. The van der Waals surface area contributed by atoms with Gasteiger partial charge < -0.3 is 0 Å². The number of fused-ring (bicyclic) bond motifs is 1. The molecule has 2 aromatic heterocycles. The average molecular weight is 566 g/mol. The molecule has 0 saturated carbocycles. The van der Waals surface area contributed by atoms with Crippen LogP contribution >= 0.6 is 22.6 Å². The molecule has 0 spiro atoms. The molecule has 0 bridgehead atoms. The molecule has 0 aliphatic carbocycles. The van der Waals surface area contributed by atoms with Crippen LogP contribution < -0.4 is 0 Å². The molecule has 6 rings (SSSR count). The lowest BCUT2D eigenvalue weighted by Crippen LogP contribution is -2.38. The molecule has 4 nitrogen and oxygen atoms in total. The van der Waals surface area contributed by atoms with E-state index in [1.807, 2.05) is 24.1 Å². The number of aryl methyl sites for hydroxylation is 1. The molecule has 0 aliphatic heterocycles. The van der Waals surface area contributed by atoms with Gasteiger partial charge in [0.2, 0.25) is 0 Å². The van der Waals surface area contributed by atoms with Crippen LogP contribution in [-0.4, -0.2) is 19.6 Å². The van der Waals surface area contributed by atoms with Crippen LogP contribution in [-0.2, 0) is 12.6 Å². The summed E-state index contributed by atoms with van der Waals surface area (Å²) in [5.41, 5.74) is 6.16. The molecule has 0 fully saturated rings. The second-order valence-corrected chi connectivity index (χ2v) is 9.67. The minimum atomic E-state index is -0.638. The van der Waals surface area contributed by atoms with Crippen molar-refractivity contribution in [3.8, 4) is 11.1 Å². The highest BCUT2D eigenvalue weighted by molar-refractivity contribution is 14.1. The minimum absolute atomic E-state index is 0.638. The second kappa shape index (κ2) is 8.82. The topological polar surface area (TPSA) is 35.6 Å². The number of rotatable bonds is 5. The molecule has 0 saturated heterocycles. The quantitative estimate of drug-likeness (QED) is 0.169. The lowest BCUT2D eigenvalue weighted by Gasteiger charge is -2.37. The number of aromatic nitrogens is 4. The fourth-order valence-electron chi connectivity index (χ4n) is 4.99. The molecule has 0 radical (unpaired) electrons. The molecule has 2 heterocycles. The van der Waals surface area contributed by atoms with Crippen molar-refractivity contribution >= 4 is 33.5 Å². The summed E-state index contributed by atoms with van der Waals surface area (Å²) in [4.78, 5) is 0. The summed E-state index contributed by atoms with van der Waals surface area (Å²) < 4.78 is 5.01. The molecule has 0 unspecified atom stereocenters. The fraction of sp³-hybridized carbons (Fsp3) is 0.0667. The van der Waals surface area contributed by atoms with Crippen LogP contribution in [0.25, 0.3) is 22.0 Å². The highest BCUT2D eigenvalue weighted by Gasteiger charge is 2.40. The van der Waals surface area contributed by atoms with Crippen LogP contribution in [0.2, 0.25) is 0 Å². The van der Waals surface area contributed by atoms with Gasteiger partial charge in [0.15, 0.2) is 0 Å². The van der Waals surface area contributed by atoms with E-state index in [9.17, 15) is 0 Å². The van der Waals surface area contributed by atoms with Gasteiger partial charge in [-0.1, -0.05) is 97.1 Å². The molecule has 6 aromatic rings. The zero-order chi connectivity index (χ0) is 23.8. The van der Waals surface area contributed by atoms with E-state index in [2.05, 4.69) is 142 Å². The van der Waals surface area contributed by atoms with Crippen molar-refractivity contribution < 1.29 is 0 Å². The fourth-order valence-corrected chi connectivity index (χ4v) is 5.64. The van der Waals surface area contributed by atoms with Crippen LogP contribution in [0.4, 0.5) is 0 Å². The number of nitrogens with zero attached hydrogens (tertiary/aromatic N) is 4. The van der Waals surface area contributed by atoms with Crippen molar-refractivity contribution in [1.82, 2.24) is 19.6 Å². The summed E-state index contributed by atoms with van der Waals surface area (Å²) in [5, 5.41) is 10.7. The standard InChI is InChI=1S/C30H23IN4/c1-34-21-23(20-32-34)22-17-18-28-27(19-22)29(31)33-35(28)30(24-11-5-2-6-12-24,25-13-7-3-8-14-25)26-15-9-4-10-16-26/h2-21H,1H3. The van der Waals surface area contributed by atoms with Crippen molar-refractivity contribution in [1.29, 1.82) is 0 Å². The van der Waals surface area contributed by atoms with Crippen molar-refractivity contribution in [2.24, 2.45) is 7.05 Å². The number of halogens is 1. The van der Waals surface area contributed by atoms with Gasteiger partial charge in [0.05, 0.1) is 11.7 Å². The van der Waals surface area contributed by atoms with Gasteiger partial charge in [0, 0.05) is 24.2 Å². The van der Waals surface area contributed by atoms with Crippen LogP contribution in [0.1, 0.15) is 16.7 Å². The van der Waals surface area contributed by atoms with Gasteiger partial charge in [-0.3, -0.25) is 4.68 Å². The summed E-state index contributed by atoms with van der Waals surface area (Å²) in [5.74, 6) is 0. The molecular formula is C30H23IN4. The van der Waals surface area contributed by atoms with Crippen LogP contribution in [0.3, 0.4) is 0 Å². The maximum absolute atomic E-state index is 5.21. The van der Waals surface area contributed by atoms with Crippen molar-refractivity contribution in [2.45, 2.75) is 5.54 Å². The SMILES string of the molecule is Cn1cc(-c2ccc3c(c2)c(I)nn3C(c2ccccc2)(c2ccccc2)c2ccccc2)cn1. The Hall–Kier alpha value is -3.71. The second-order valence-electron chi connectivity index (χ2n) is 8.65. The summed E-state index contributed by atoms with van der Waals surface area (Å²) in [6, 6.07) is 38.6. The monoisotopic (exact) mass is 566 g/mol. The number of hydrogen-bond acceptors (Lipinski definition) is 2. The Morgan fingerprint density at radius 1 is 0.686 bits per heavy atom. The first-order valence-electron chi connectivity index (χ1n) is 11.5. The Labute approximate surface area is 218 Å². The molecule has 4 aromatic carbocycles. The smallest absolute Gasteiger partial charge is 0.138 e. The lowest BCUT2D eigenvalue weighted by molar-refractivity contribution is 0.473. The Bertz CT molecular complexity index is 1510. The van der Waals surface area contributed by atoms with Gasteiger partial charge in [-0.2, -0.15) is 10.2 Å². The highest BCUT2D eigenvalue weighted by atomic mass is 127. The summed E-state index contributed by atoms with van der Waals surface area (Å²) in [6.07, 6.45) is 3.95. The molecule has 35 heavy (non-hydrogen) atoms. The predicted molar refractivity (Wildman–Crippen MR) is 149 cm³/mol. The molecular weight excluding hydrogens is 543 g/mol. The minimum Gasteiger partial charge on any atom is -0.275 e. The first-order chi connectivity index (χ1) is 17.2. The van der Waals surface area contributed by atoms with E-state index >= 15 is 0 Å². The molecule has 0 atom stereocenters. The van der Waals surface area contributed by atoms with Gasteiger partial charge >= 0.3 is 0 Å². The highest BCUT2D eigenvalue weighted by Crippen LogP contribution is 2.43. The van der Waals surface area contributed by atoms with E-state index in [4.69, 9.17) is 5.10 Å². The molecule has 170 valence electrons. The van der Waals surface area contributed by atoms with Crippen molar-refractivity contribution in [3.63, 3.8) is 0 Å². The van der Waals surface area contributed by atoms with Gasteiger partial charge in [-0.15, -0.1) is 0 Å². The first-order valence-corrected chi connectivity index (χ1v) is 12.6. The lowest BCUT2D eigenvalue weighted by atomic mass is 9.77. The summed E-state index contributed by atoms with van der Waals surface area (Å²) in [6.45, 7) is 0. The largest absolute Gasteiger partial charge is 0.275 e. The van der Waals surface area contributed by atoms with E-state index in [-0.39, 0.29) is 0 Å². The molecule has 0 amide bonds. The first kappa shape index (κ1) is 21.8. The van der Waals surface area contributed by atoms with E-state index in [0.717, 1.165) is 42.4 Å². The predicted octanol–water partition coefficient (Wildman–Crippen LogP) is 6.88. The van der Waals surface area contributed by atoms with E-state index in [1.165, 1.54) is 0 Å². The average Bonchev–Trinajstić information content (AvgIpc) is 3.50. The van der Waals surface area contributed by atoms with Crippen molar-refractivity contribution in [2.75, 3.05) is 0 Å². The summed E-state index contributed by atoms with van der Waals surface area (Å²) in [7, 11) is 1.94. The van der Waals surface area contributed by atoms with Gasteiger partial charge in [-0.25, -0.2) is 4.68 Å². The normalized spacial score (nSPS) is 11.7. The van der Waals surface area contributed by atoms with E-state index < -0.39 is 5.54 Å². The third kappa shape index (κ3) is 3.58. The van der Waals surface area contributed by atoms with Crippen LogP contribution in [0.15, 0.2) is 122 Å². The van der Waals surface area contributed by atoms with Gasteiger partial charge in [0.1, 0.15) is 9.24 Å². The maximum atomic E-state index is 5.21. The van der Waals surface area contributed by atoms with Gasteiger partial charge in [0.25, 0.3) is 0 Å². The number of benzene rings is 4. The third-order valence-corrected chi connectivity index (χ3v) is 7.36. The van der Waals surface area contributed by atoms with Crippen LogP contribution in [0.5, 0.6) is 0 Å². The maximum Gasteiger partial charge on any atom is 0.138 e. The zero-order valence-electron chi connectivity index (χ0n) is 19.2. The van der Waals surface area contributed by atoms with Crippen molar-refractivity contribution in [3.05, 3.63) is 142 Å². The van der Waals surface area contributed by atoms with Gasteiger partial charge in [-0.05, 0) is 57.0 Å². The van der Waals surface area contributed by atoms with E-state index in [0.29, 0.717) is 0 Å². The van der Waals surface area contributed by atoms with E-state index in [1.54, 1.807) is 0 Å².